The van der Waals surface area contributed by atoms with E-state index in [-0.39, 0.29) is 23.3 Å². The van der Waals surface area contributed by atoms with Crippen LogP contribution in [0.2, 0.25) is 0 Å². The maximum atomic E-state index is 14.2. The first-order chi connectivity index (χ1) is 13.8. The summed E-state index contributed by atoms with van der Waals surface area (Å²) in [5, 5.41) is 18.1. The van der Waals surface area contributed by atoms with Gasteiger partial charge in [-0.05, 0) is 30.7 Å². The number of halogens is 7. The fourth-order valence-corrected chi connectivity index (χ4v) is 2.98. The van der Waals surface area contributed by atoms with E-state index >= 15 is 0 Å². The van der Waals surface area contributed by atoms with Crippen molar-refractivity contribution in [3.8, 4) is 0 Å². The van der Waals surface area contributed by atoms with Crippen LogP contribution in [0, 0.1) is 17.0 Å². The Morgan fingerprint density at radius 1 is 1.00 bits per heavy atom. The van der Waals surface area contributed by atoms with Crippen molar-refractivity contribution in [3.05, 3.63) is 63.2 Å². The average Bonchev–Trinajstić information content (AvgIpc) is 3.01. The first-order valence-corrected chi connectivity index (χ1v) is 8.15. The molecule has 0 amide bonds. The third-order valence-corrected chi connectivity index (χ3v) is 4.48. The van der Waals surface area contributed by atoms with Gasteiger partial charge in [-0.1, -0.05) is 17.3 Å². The summed E-state index contributed by atoms with van der Waals surface area (Å²) >= 11 is 0. The number of rotatable bonds is 4. The van der Waals surface area contributed by atoms with Gasteiger partial charge in [-0.3, -0.25) is 10.1 Å². The summed E-state index contributed by atoms with van der Waals surface area (Å²) < 4.78 is 92.9. The molecule has 2 aromatic carbocycles. The number of nitro groups is 1. The van der Waals surface area contributed by atoms with E-state index in [1.54, 1.807) is 0 Å². The zero-order chi connectivity index (χ0) is 22.5. The zero-order valence-electron chi connectivity index (χ0n) is 14.9. The quantitative estimate of drug-likeness (QED) is 0.328. The zero-order valence-corrected chi connectivity index (χ0v) is 14.9. The lowest BCUT2D eigenvalue weighted by atomic mass is 9.94. The van der Waals surface area contributed by atoms with Crippen molar-refractivity contribution in [2.45, 2.75) is 31.5 Å². The van der Waals surface area contributed by atoms with Gasteiger partial charge >= 0.3 is 18.0 Å². The molecule has 0 aliphatic heterocycles. The maximum Gasteiger partial charge on any atom is 0.435 e. The van der Waals surface area contributed by atoms with Crippen LogP contribution in [0.1, 0.15) is 16.7 Å². The number of fused-ring (bicyclic) bond motifs is 1. The first kappa shape index (κ1) is 21.5. The number of benzene rings is 2. The lowest BCUT2D eigenvalue weighted by Gasteiger charge is -2.30. The van der Waals surface area contributed by atoms with E-state index in [9.17, 15) is 40.8 Å². The summed E-state index contributed by atoms with van der Waals surface area (Å²) in [6.45, 7) is 1.48. The predicted molar refractivity (Wildman–Crippen MR) is 89.4 cm³/mol. The smallest absolute Gasteiger partial charge is 0.258 e. The van der Waals surface area contributed by atoms with Gasteiger partial charge in [0.05, 0.1) is 17.0 Å². The normalized spacial score (nSPS) is 13.1. The largest absolute Gasteiger partial charge is 0.435 e. The van der Waals surface area contributed by atoms with Crippen molar-refractivity contribution >= 4 is 16.7 Å². The van der Waals surface area contributed by atoms with Crippen LogP contribution in [0.3, 0.4) is 0 Å². The van der Waals surface area contributed by atoms with Crippen molar-refractivity contribution in [3.63, 3.8) is 0 Å². The predicted octanol–water partition coefficient (Wildman–Crippen LogP) is 4.99. The molecular weight excluding hydrogens is 425 g/mol. The molecule has 0 saturated heterocycles. The number of nitrogens with zero attached hydrogens (tertiary/aromatic N) is 4. The first-order valence-electron chi connectivity index (χ1n) is 8.15. The highest BCUT2D eigenvalue weighted by atomic mass is 19.4. The summed E-state index contributed by atoms with van der Waals surface area (Å²) in [5.41, 5.74) is -6.78. The molecule has 1 aromatic heterocycles. The van der Waals surface area contributed by atoms with Crippen LogP contribution in [0.4, 0.5) is 36.4 Å². The van der Waals surface area contributed by atoms with E-state index in [2.05, 4.69) is 10.3 Å². The van der Waals surface area contributed by atoms with Crippen LogP contribution in [0.5, 0.6) is 0 Å². The molecule has 0 atom stereocenters. The molecule has 0 aliphatic rings. The summed E-state index contributed by atoms with van der Waals surface area (Å²) in [6, 6.07) is 5.75. The number of hydrogen-bond donors (Lipinski definition) is 0. The average molecular weight is 436 g/mol. The van der Waals surface area contributed by atoms with Crippen LogP contribution in [-0.4, -0.2) is 32.3 Å². The van der Waals surface area contributed by atoms with E-state index in [1.807, 2.05) is 0 Å². The van der Waals surface area contributed by atoms with Gasteiger partial charge in [-0.25, -0.2) is 9.07 Å². The fourth-order valence-electron chi connectivity index (χ4n) is 2.98. The van der Waals surface area contributed by atoms with Crippen LogP contribution in [0.15, 0.2) is 36.4 Å². The SMILES string of the molecule is Cc1cc(Cn2nnc3cc(C(F)(C(F)(F)F)C(F)(F)F)ccc32)ccc1[N+](=O)[O-]. The molecule has 3 aromatic rings. The molecule has 0 N–H and O–H groups in total. The van der Waals surface area contributed by atoms with E-state index in [0.717, 1.165) is 6.07 Å². The second-order valence-corrected chi connectivity index (χ2v) is 6.48. The van der Waals surface area contributed by atoms with Gasteiger partial charge in [0.15, 0.2) is 0 Å². The highest BCUT2D eigenvalue weighted by Crippen LogP contribution is 2.53. The van der Waals surface area contributed by atoms with Crippen LogP contribution >= 0.6 is 0 Å². The van der Waals surface area contributed by atoms with Gasteiger partial charge in [-0.2, -0.15) is 26.3 Å². The highest BCUT2D eigenvalue weighted by molar-refractivity contribution is 5.75. The van der Waals surface area contributed by atoms with E-state index in [0.29, 0.717) is 23.3 Å². The van der Waals surface area contributed by atoms with E-state index in [1.165, 1.54) is 29.8 Å². The monoisotopic (exact) mass is 436 g/mol. The van der Waals surface area contributed by atoms with Crippen LogP contribution in [-0.2, 0) is 12.2 Å². The Morgan fingerprint density at radius 3 is 2.17 bits per heavy atom. The number of aromatic nitrogens is 3. The number of nitro benzene ring substituents is 1. The molecule has 0 bridgehead atoms. The topological polar surface area (TPSA) is 73.8 Å². The fraction of sp³-hybridized carbons (Fsp3) is 0.294. The molecule has 160 valence electrons. The Balaban J connectivity index is 2.01. The molecule has 0 saturated carbocycles. The van der Waals surface area contributed by atoms with Crippen molar-refractivity contribution in [1.82, 2.24) is 15.0 Å². The molecule has 0 unspecified atom stereocenters. The van der Waals surface area contributed by atoms with Gasteiger partial charge in [-0.15, -0.1) is 5.10 Å². The molecule has 6 nitrogen and oxygen atoms in total. The summed E-state index contributed by atoms with van der Waals surface area (Å²) in [7, 11) is 0. The van der Waals surface area contributed by atoms with Gasteiger partial charge in [0.1, 0.15) is 5.52 Å². The molecule has 0 aliphatic carbocycles. The molecule has 0 fully saturated rings. The van der Waals surface area contributed by atoms with E-state index in [4.69, 9.17) is 0 Å². The molecule has 0 spiro atoms. The van der Waals surface area contributed by atoms with Gasteiger partial charge in [0.25, 0.3) is 5.69 Å². The Bertz CT molecular complexity index is 1110. The minimum atomic E-state index is -6.23. The lowest BCUT2D eigenvalue weighted by Crippen LogP contribution is -2.50. The molecule has 3 rings (SSSR count). The molecule has 0 radical (unpaired) electrons. The van der Waals surface area contributed by atoms with Crippen molar-refractivity contribution in [2.24, 2.45) is 0 Å². The van der Waals surface area contributed by atoms with E-state index < -0.39 is 28.5 Å². The summed E-state index contributed by atoms with van der Waals surface area (Å²) in [4.78, 5) is 10.3. The highest BCUT2D eigenvalue weighted by Gasteiger charge is 2.73. The molecule has 13 heteroatoms. The number of hydrogen-bond acceptors (Lipinski definition) is 4. The Morgan fingerprint density at radius 2 is 1.63 bits per heavy atom. The van der Waals surface area contributed by atoms with Crippen molar-refractivity contribution < 1.29 is 35.7 Å². The van der Waals surface area contributed by atoms with Gasteiger partial charge < -0.3 is 0 Å². The summed E-state index contributed by atoms with van der Waals surface area (Å²) in [5.74, 6) is 0. The Labute approximate surface area is 163 Å². The standard InChI is InChI=1S/C17H11F7N4O2/c1-9-6-10(2-4-13(9)28(29)30)8-27-14-5-3-11(7-12(14)25-26-27)15(18,16(19,20)21)17(22,23)24/h2-7H,8H2,1H3. The number of alkyl halides is 7. The second-order valence-electron chi connectivity index (χ2n) is 6.48. The Hall–Kier alpha value is -3.25. The minimum absolute atomic E-state index is 0.0199. The number of aryl methyl sites for hydroxylation is 1. The molecule has 30 heavy (non-hydrogen) atoms. The third kappa shape index (κ3) is 3.44. The minimum Gasteiger partial charge on any atom is -0.258 e. The molecular formula is C17H11F7N4O2. The van der Waals surface area contributed by atoms with Gasteiger partial charge in [0.2, 0.25) is 0 Å². The Kier molecular flexibility index (Phi) is 4.95. The van der Waals surface area contributed by atoms with Crippen molar-refractivity contribution in [2.75, 3.05) is 0 Å². The maximum absolute atomic E-state index is 14.2. The summed E-state index contributed by atoms with van der Waals surface area (Å²) in [6.07, 6.45) is -12.5. The van der Waals surface area contributed by atoms with Gasteiger partial charge in [0, 0.05) is 17.2 Å². The van der Waals surface area contributed by atoms with Crippen LogP contribution < -0.4 is 0 Å². The second kappa shape index (κ2) is 6.92. The van der Waals surface area contributed by atoms with Crippen LogP contribution in [0.25, 0.3) is 11.0 Å². The lowest BCUT2D eigenvalue weighted by molar-refractivity contribution is -0.385. The van der Waals surface area contributed by atoms with Crippen molar-refractivity contribution in [1.29, 1.82) is 0 Å². The molecule has 1 heterocycles. The third-order valence-electron chi connectivity index (χ3n) is 4.48.